The number of hydrogen-bond donors (Lipinski definition) is 0. The van der Waals surface area contributed by atoms with Crippen LogP contribution in [0.5, 0.6) is 0 Å². The van der Waals surface area contributed by atoms with Crippen LogP contribution in [0.4, 0.5) is 0 Å². The van der Waals surface area contributed by atoms with Gasteiger partial charge in [0.15, 0.2) is 5.78 Å². The molecule has 0 bridgehead atoms. The Morgan fingerprint density at radius 1 is 1.55 bits per heavy atom. The highest BCUT2D eigenvalue weighted by molar-refractivity contribution is 7.13. The zero-order valence-corrected chi connectivity index (χ0v) is 8.03. The van der Waals surface area contributed by atoms with Gasteiger partial charge in [0.2, 0.25) is 0 Å². The molecular formula is C7H13N2OP. The number of carbonyl (C=O) groups excluding carboxylic acids is 1. The fraction of sp³-hybridized carbons (Fsp3) is 0.714. The highest BCUT2D eigenvalue weighted by Gasteiger charge is 2.23. The van der Waals surface area contributed by atoms with Gasteiger partial charge in [-0.2, -0.15) is 0 Å². The molecule has 1 rings (SSSR count). The van der Waals surface area contributed by atoms with Crippen molar-refractivity contribution in [1.82, 2.24) is 4.67 Å². The van der Waals surface area contributed by atoms with Crippen molar-refractivity contribution in [3.8, 4) is 0 Å². The van der Waals surface area contributed by atoms with Gasteiger partial charge < -0.3 is 0 Å². The normalized spacial score (nSPS) is 24.0. The maximum Gasteiger partial charge on any atom is 0.192 e. The van der Waals surface area contributed by atoms with E-state index in [2.05, 4.69) is 14.4 Å². The van der Waals surface area contributed by atoms with Crippen LogP contribution in [0, 0.1) is 0 Å². The van der Waals surface area contributed by atoms with E-state index in [0.29, 0.717) is 13.1 Å². The lowest BCUT2D eigenvalue weighted by Crippen LogP contribution is -2.12. The predicted octanol–water partition coefficient (Wildman–Crippen LogP) is 0.511. The zero-order chi connectivity index (χ0) is 8.43. The minimum absolute atomic E-state index is 0.161. The van der Waals surface area contributed by atoms with E-state index in [1.54, 1.807) is 0 Å². The predicted molar refractivity (Wildman–Crippen MR) is 48.9 cm³/mol. The Hall–Kier alpha value is -0.270. The van der Waals surface area contributed by atoms with Crippen LogP contribution < -0.4 is 0 Å². The monoisotopic (exact) mass is 172 g/mol. The van der Waals surface area contributed by atoms with Crippen LogP contribution in [0.2, 0.25) is 0 Å². The van der Waals surface area contributed by atoms with Crippen LogP contribution in [0.25, 0.3) is 0 Å². The lowest BCUT2D eigenvalue weighted by Gasteiger charge is -2.01. The molecule has 1 saturated heterocycles. The molecule has 1 heterocycles. The van der Waals surface area contributed by atoms with Crippen LogP contribution in [0.3, 0.4) is 0 Å². The summed E-state index contributed by atoms with van der Waals surface area (Å²) in [5, 5.41) is 0. The minimum atomic E-state index is 0.161. The SMILES string of the molecule is CC(C)N=C1CN(P)CC1=O. The number of ketones is 1. The topological polar surface area (TPSA) is 32.7 Å². The summed E-state index contributed by atoms with van der Waals surface area (Å²) in [6, 6.07) is 0.227. The molecule has 1 atom stereocenters. The van der Waals surface area contributed by atoms with Crippen LogP contribution in [0.15, 0.2) is 4.99 Å². The lowest BCUT2D eigenvalue weighted by molar-refractivity contribution is -0.111. The lowest BCUT2D eigenvalue weighted by atomic mass is 10.3. The van der Waals surface area contributed by atoms with Crippen molar-refractivity contribution in [2.24, 2.45) is 4.99 Å². The van der Waals surface area contributed by atoms with E-state index < -0.39 is 0 Å². The Bertz CT molecular complexity index is 201. The standard InChI is InChI=1S/C7H13N2OP/c1-5(2)8-6-3-9(11)4-7(6)10/h5H,3-4,11H2,1-2H3. The summed E-state index contributed by atoms with van der Waals surface area (Å²) in [5.41, 5.74) is 0.718. The Balaban J connectivity index is 2.67. The van der Waals surface area contributed by atoms with Gasteiger partial charge in [0, 0.05) is 12.6 Å². The third kappa shape index (κ3) is 2.35. The van der Waals surface area contributed by atoms with Gasteiger partial charge in [-0.15, -0.1) is 0 Å². The van der Waals surface area contributed by atoms with Gasteiger partial charge in [-0.3, -0.25) is 14.5 Å². The molecule has 1 aliphatic heterocycles. The summed E-state index contributed by atoms with van der Waals surface area (Å²) in [7, 11) is 2.51. The average molecular weight is 172 g/mol. The van der Waals surface area contributed by atoms with Gasteiger partial charge in [0.1, 0.15) is 0 Å². The summed E-state index contributed by atoms with van der Waals surface area (Å²) < 4.78 is 1.89. The average Bonchev–Trinajstić information content (AvgIpc) is 2.09. The molecule has 1 aliphatic rings. The number of rotatable bonds is 1. The van der Waals surface area contributed by atoms with Crippen LogP contribution in [-0.2, 0) is 4.79 Å². The molecule has 3 nitrogen and oxygen atoms in total. The first-order valence-corrected chi connectivity index (χ1v) is 4.20. The summed E-state index contributed by atoms with van der Waals surface area (Å²) in [6.07, 6.45) is 0. The van der Waals surface area contributed by atoms with Gasteiger partial charge in [-0.1, -0.05) is 9.39 Å². The third-order valence-corrected chi connectivity index (χ3v) is 1.80. The van der Waals surface area contributed by atoms with E-state index in [4.69, 9.17) is 0 Å². The Kier molecular flexibility index (Phi) is 2.74. The molecule has 0 N–H and O–H groups in total. The fourth-order valence-electron chi connectivity index (χ4n) is 1.04. The molecule has 0 aliphatic carbocycles. The molecule has 0 amide bonds. The van der Waals surface area contributed by atoms with Crippen molar-refractivity contribution in [3.63, 3.8) is 0 Å². The van der Waals surface area contributed by atoms with E-state index in [1.807, 2.05) is 18.5 Å². The van der Waals surface area contributed by atoms with Crippen molar-refractivity contribution >= 4 is 20.9 Å². The van der Waals surface area contributed by atoms with E-state index in [0.717, 1.165) is 5.71 Å². The van der Waals surface area contributed by atoms with Gasteiger partial charge in [-0.25, -0.2) is 0 Å². The number of carbonyl (C=O) groups is 1. The fourth-order valence-corrected chi connectivity index (χ4v) is 1.38. The first kappa shape index (κ1) is 8.82. The third-order valence-electron chi connectivity index (χ3n) is 1.44. The zero-order valence-electron chi connectivity index (χ0n) is 6.87. The maximum atomic E-state index is 11.1. The van der Waals surface area contributed by atoms with E-state index in [-0.39, 0.29) is 11.8 Å². The van der Waals surface area contributed by atoms with Gasteiger partial charge in [0.05, 0.1) is 12.3 Å². The molecule has 4 heteroatoms. The molecule has 0 spiro atoms. The largest absolute Gasteiger partial charge is 0.291 e. The molecule has 0 radical (unpaired) electrons. The van der Waals surface area contributed by atoms with Gasteiger partial charge in [-0.05, 0) is 13.8 Å². The molecule has 0 saturated carbocycles. The van der Waals surface area contributed by atoms with Crippen molar-refractivity contribution in [3.05, 3.63) is 0 Å². The van der Waals surface area contributed by atoms with E-state index in [1.165, 1.54) is 0 Å². The second-order valence-electron chi connectivity index (χ2n) is 3.00. The highest BCUT2D eigenvalue weighted by atomic mass is 31.0. The van der Waals surface area contributed by atoms with Gasteiger partial charge >= 0.3 is 0 Å². The highest BCUT2D eigenvalue weighted by Crippen LogP contribution is 2.08. The molecule has 0 aromatic carbocycles. The van der Waals surface area contributed by atoms with Crippen molar-refractivity contribution in [1.29, 1.82) is 0 Å². The molecule has 0 aromatic heterocycles. The molecule has 1 fully saturated rings. The molecule has 11 heavy (non-hydrogen) atoms. The smallest absolute Gasteiger partial charge is 0.192 e. The number of aliphatic imine (C=N–C) groups is 1. The molecule has 0 aromatic rings. The molecule has 62 valence electrons. The maximum absolute atomic E-state index is 11.1. The summed E-state index contributed by atoms with van der Waals surface area (Å²) in [5.74, 6) is 0.161. The summed E-state index contributed by atoms with van der Waals surface area (Å²) in [4.78, 5) is 15.4. The Labute approximate surface area is 69.1 Å². The van der Waals surface area contributed by atoms with E-state index in [9.17, 15) is 4.79 Å². The van der Waals surface area contributed by atoms with Crippen molar-refractivity contribution < 1.29 is 4.79 Å². The quantitative estimate of drug-likeness (QED) is 0.540. The van der Waals surface area contributed by atoms with Crippen molar-refractivity contribution in [2.75, 3.05) is 13.1 Å². The molecular weight excluding hydrogens is 159 g/mol. The minimum Gasteiger partial charge on any atom is -0.291 e. The Morgan fingerprint density at radius 2 is 2.18 bits per heavy atom. The second kappa shape index (κ2) is 3.42. The number of nitrogens with zero attached hydrogens (tertiary/aromatic N) is 2. The van der Waals surface area contributed by atoms with Crippen LogP contribution >= 0.6 is 9.39 Å². The van der Waals surface area contributed by atoms with Crippen LogP contribution in [0.1, 0.15) is 13.8 Å². The summed E-state index contributed by atoms with van der Waals surface area (Å²) in [6.45, 7) is 5.13. The molecule has 1 unspecified atom stereocenters. The number of Topliss-reactive ketones (excluding diaryl/α,β-unsaturated/α-hetero) is 1. The van der Waals surface area contributed by atoms with E-state index >= 15 is 0 Å². The van der Waals surface area contributed by atoms with Crippen LogP contribution in [-0.4, -0.2) is 35.3 Å². The summed E-state index contributed by atoms with van der Waals surface area (Å²) >= 11 is 0. The van der Waals surface area contributed by atoms with Crippen molar-refractivity contribution in [2.45, 2.75) is 19.9 Å². The Morgan fingerprint density at radius 3 is 2.55 bits per heavy atom. The van der Waals surface area contributed by atoms with Gasteiger partial charge in [0.25, 0.3) is 0 Å². The number of hydrogen-bond acceptors (Lipinski definition) is 3. The first-order valence-electron chi connectivity index (χ1n) is 3.69. The second-order valence-corrected chi connectivity index (χ2v) is 3.73. The first-order chi connectivity index (χ1) is 5.09.